The maximum Gasteiger partial charge on any atom is 0.219 e. The molecule has 1 aromatic carbocycles. The summed E-state index contributed by atoms with van der Waals surface area (Å²) < 4.78 is 0. The second-order valence-electron chi connectivity index (χ2n) is 4.50. The van der Waals surface area contributed by atoms with Crippen LogP contribution in [0.15, 0.2) is 30.3 Å². The van der Waals surface area contributed by atoms with E-state index in [2.05, 4.69) is 29.4 Å². The van der Waals surface area contributed by atoms with E-state index in [1.54, 1.807) is 0 Å². The molecule has 1 amide bonds. The fraction of sp³-hybridized carbons (Fsp3) is 0.500. The van der Waals surface area contributed by atoms with Gasteiger partial charge in [0.05, 0.1) is 0 Å². The predicted molar refractivity (Wildman–Crippen MR) is 70.7 cm³/mol. The predicted octanol–water partition coefficient (Wildman–Crippen LogP) is 2.03. The third-order valence-electron chi connectivity index (χ3n) is 2.61. The van der Waals surface area contributed by atoms with Gasteiger partial charge in [-0.3, -0.25) is 4.79 Å². The Balaban J connectivity index is 2.34. The highest BCUT2D eigenvalue weighted by Crippen LogP contribution is 2.03. The number of amides is 1. The molecular formula is C14H22N2O. The molecule has 0 saturated heterocycles. The van der Waals surface area contributed by atoms with E-state index in [4.69, 9.17) is 0 Å². The highest BCUT2D eigenvalue weighted by Gasteiger charge is 2.08. The summed E-state index contributed by atoms with van der Waals surface area (Å²) in [5, 5.41) is 2.97. The van der Waals surface area contributed by atoms with E-state index >= 15 is 0 Å². The van der Waals surface area contributed by atoms with Crippen LogP contribution >= 0.6 is 0 Å². The lowest BCUT2D eigenvalue weighted by Crippen LogP contribution is -2.40. The normalized spacial score (nSPS) is 12.5. The van der Waals surface area contributed by atoms with Crippen molar-refractivity contribution in [1.29, 1.82) is 0 Å². The molecule has 0 aliphatic rings. The van der Waals surface area contributed by atoms with E-state index in [1.165, 1.54) is 5.56 Å². The van der Waals surface area contributed by atoms with E-state index in [0.717, 1.165) is 13.1 Å². The zero-order valence-corrected chi connectivity index (χ0v) is 10.9. The van der Waals surface area contributed by atoms with Crippen LogP contribution in [0.1, 0.15) is 25.8 Å². The zero-order valence-electron chi connectivity index (χ0n) is 10.9. The number of hydrogen-bond acceptors (Lipinski definition) is 2. The maximum absolute atomic E-state index is 11.2. The number of nitrogens with zero attached hydrogens (tertiary/aromatic N) is 1. The first-order valence-corrected chi connectivity index (χ1v) is 6.13. The summed E-state index contributed by atoms with van der Waals surface area (Å²) in [7, 11) is 2.07. The monoisotopic (exact) mass is 234 g/mol. The molecule has 0 saturated carbocycles. The van der Waals surface area contributed by atoms with Gasteiger partial charge in [-0.25, -0.2) is 0 Å². The van der Waals surface area contributed by atoms with Crippen LogP contribution in [0.3, 0.4) is 0 Å². The average Bonchev–Trinajstić information content (AvgIpc) is 2.29. The number of hydrogen-bond donors (Lipinski definition) is 1. The average molecular weight is 234 g/mol. The van der Waals surface area contributed by atoms with Crippen LogP contribution in [0, 0.1) is 0 Å². The van der Waals surface area contributed by atoms with Crippen molar-refractivity contribution in [2.75, 3.05) is 13.6 Å². The van der Waals surface area contributed by atoms with Crippen LogP contribution in [0.2, 0.25) is 0 Å². The molecule has 0 radical (unpaired) electrons. The van der Waals surface area contributed by atoms with Gasteiger partial charge in [-0.05, 0) is 19.5 Å². The number of carbonyl (C=O) groups is 1. The smallest absolute Gasteiger partial charge is 0.219 e. The van der Waals surface area contributed by atoms with Crippen LogP contribution in [0.25, 0.3) is 0 Å². The fourth-order valence-corrected chi connectivity index (χ4v) is 1.85. The van der Waals surface area contributed by atoms with Crippen LogP contribution < -0.4 is 5.32 Å². The molecule has 94 valence electrons. The van der Waals surface area contributed by atoms with Gasteiger partial charge in [-0.1, -0.05) is 37.3 Å². The van der Waals surface area contributed by atoms with Crippen molar-refractivity contribution in [3.63, 3.8) is 0 Å². The molecule has 0 bridgehead atoms. The van der Waals surface area contributed by atoms with Crippen molar-refractivity contribution in [2.45, 2.75) is 32.9 Å². The third kappa shape index (κ3) is 5.50. The standard InChI is InChI=1S/C14H22N2O/c1-4-14(17)15-12(2)10-16(3)11-13-8-6-5-7-9-13/h5-9,12H,4,10-11H2,1-3H3,(H,15,17). The van der Waals surface area contributed by atoms with E-state index in [1.807, 2.05) is 32.0 Å². The third-order valence-corrected chi connectivity index (χ3v) is 2.61. The number of likely N-dealkylation sites (N-methyl/N-ethyl adjacent to an activating group) is 1. The number of nitrogens with one attached hydrogen (secondary N) is 1. The van der Waals surface area contributed by atoms with Crippen molar-refractivity contribution in [3.05, 3.63) is 35.9 Å². The van der Waals surface area contributed by atoms with Crippen LogP contribution in [-0.2, 0) is 11.3 Å². The maximum atomic E-state index is 11.2. The molecule has 0 aliphatic carbocycles. The lowest BCUT2D eigenvalue weighted by atomic mass is 10.2. The second kappa shape index (κ2) is 7.07. The fourth-order valence-electron chi connectivity index (χ4n) is 1.85. The van der Waals surface area contributed by atoms with Crippen molar-refractivity contribution in [2.24, 2.45) is 0 Å². The number of benzene rings is 1. The molecule has 0 aliphatic heterocycles. The van der Waals surface area contributed by atoms with E-state index in [0.29, 0.717) is 6.42 Å². The van der Waals surface area contributed by atoms with E-state index in [9.17, 15) is 4.79 Å². The minimum absolute atomic E-state index is 0.116. The first-order valence-electron chi connectivity index (χ1n) is 6.13. The first-order chi connectivity index (χ1) is 8.11. The van der Waals surface area contributed by atoms with Crippen molar-refractivity contribution in [3.8, 4) is 0 Å². The van der Waals surface area contributed by atoms with Gasteiger partial charge in [-0.2, -0.15) is 0 Å². The van der Waals surface area contributed by atoms with E-state index < -0.39 is 0 Å². The minimum Gasteiger partial charge on any atom is -0.352 e. The Morgan fingerprint density at radius 1 is 1.35 bits per heavy atom. The zero-order chi connectivity index (χ0) is 12.7. The van der Waals surface area contributed by atoms with Crippen molar-refractivity contribution < 1.29 is 4.79 Å². The quantitative estimate of drug-likeness (QED) is 0.817. The molecule has 1 rings (SSSR count). The summed E-state index contributed by atoms with van der Waals surface area (Å²) in [4.78, 5) is 13.5. The molecule has 1 aromatic rings. The van der Waals surface area contributed by atoms with Crippen LogP contribution in [0.5, 0.6) is 0 Å². The van der Waals surface area contributed by atoms with Crippen molar-refractivity contribution in [1.82, 2.24) is 10.2 Å². The van der Waals surface area contributed by atoms with Gasteiger partial charge < -0.3 is 10.2 Å². The van der Waals surface area contributed by atoms with Gasteiger partial charge in [0.1, 0.15) is 0 Å². The van der Waals surface area contributed by atoms with Gasteiger partial charge in [-0.15, -0.1) is 0 Å². The molecule has 1 unspecified atom stereocenters. The second-order valence-corrected chi connectivity index (χ2v) is 4.50. The molecule has 0 heterocycles. The Morgan fingerprint density at radius 3 is 2.59 bits per heavy atom. The largest absolute Gasteiger partial charge is 0.352 e. The summed E-state index contributed by atoms with van der Waals surface area (Å²) in [5.74, 6) is 0.116. The van der Waals surface area contributed by atoms with Gasteiger partial charge in [0, 0.05) is 25.6 Å². The summed E-state index contributed by atoms with van der Waals surface area (Å²) in [5.41, 5.74) is 1.30. The Hall–Kier alpha value is -1.35. The SMILES string of the molecule is CCC(=O)NC(C)CN(C)Cc1ccccc1. The molecule has 1 N–H and O–H groups in total. The lowest BCUT2D eigenvalue weighted by Gasteiger charge is -2.22. The molecular weight excluding hydrogens is 212 g/mol. The highest BCUT2D eigenvalue weighted by atomic mass is 16.1. The Labute approximate surface area is 104 Å². The van der Waals surface area contributed by atoms with E-state index in [-0.39, 0.29) is 11.9 Å². The molecule has 17 heavy (non-hydrogen) atoms. The Kier molecular flexibility index (Phi) is 5.70. The number of carbonyl (C=O) groups excluding carboxylic acids is 1. The summed E-state index contributed by atoms with van der Waals surface area (Å²) >= 11 is 0. The summed E-state index contributed by atoms with van der Waals surface area (Å²) in [6, 6.07) is 10.5. The topological polar surface area (TPSA) is 32.3 Å². The molecule has 0 fully saturated rings. The number of rotatable bonds is 6. The van der Waals surface area contributed by atoms with Gasteiger partial charge in [0.15, 0.2) is 0 Å². The van der Waals surface area contributed by atoms with Gasteiger partial charge in [0.2, 0.25) is 5.91 Å². The summed E-state index contributed by atoms with van der Waals surface area (Å²) in [6.45, 7) is 5.68. The Morgan fingerprint density at radius 2 is 2.00 bits per heavy atom. The minimum atomic E-state index is 0.116. The van der Waals surface area contributed by atoms with Crippen LogP contribution in [0.4, 0.5) is 0 Å². The lowest BCUT2D eigenvalue weighted by molar-refractivity contribution is -0.121. The Bertz CT molecular complexity index is 337. The molecule has 3 heteroatoms. The molecule has 0 spiro atoms. The molecule has 1 atom stereocenters. The molecule has 3 nitrogen and oxygen atoms in total. The van der Waals surface area contributed by atoms with Gasteiger partial charge in [0.25, 0.3) is 0 Å². The van der Waals surface area contributed by atoms with Crippen molar-refractivity contribution >= 4 is 5.91 Å². The van der Waals surface area contributed by atoms with Crippen LogP contribution in [-0.4, -0.2) is 30.4 Å². The first kappa shape index (κ1) is 13.7. The highest BCUT2D eigenvalue weighted by molar-refractivity contribution is 5.75. The van der Waals surface area contributed by atoms with Gasteiger partial charge >= 0.3 is 0 Å². The summed E-state index contributed by atoms with van der Waals surface area (Å²) in [6.07, 6.45) is 0.548. The molecule has 0 aromatic heterocycles.